The highest BCUT2D eigenvalue weighted by molar-refractivity contribution is 5.16. The van der Waals surface area contributed by atoms with E-state index in [1.165, 1.54) is 12.0 Å². The Labute approximate surface area is 119 Å². The Hall–Kier alpha value is -1.00. The first-order valence-corrected chi connectivity index (χ1v) is 7.19. The van der Waals surface area contributed by atoms with Gasteiger partial charge >= 0.3 is 0 Å². The van der Waals surface area contributed by atoms with Crippen molar-refractivity contribution in [1.29, 1.82) is 0 Å². The van der Waals surface area contributed by atoms with Crippen molar-refractivity contribution in [3.8, 4) is 12.3 Å². The third-order valence-corrected chi connectivity index (χ3v) is 3.73. The highest BCUT2D eigenvalue weighted by atomic mass is 16.3. The van der Waals surface area contributed by atoms with Crippen LogP contribution in [-0.2, 0) is 0 Å². The molecule has 3 atom stereocenters. The van der Waals surface area contributed by atoms with Crippen LogP contribution in [0.2, 0.25) is 0 Å². The van der Waals surface area contributed by atoms with Crippen molar-refractivity contribution in [2.24, 2.45) is 11.8 Å². The standard InChI is InChI=1S/C18H30O/c1-8-18(7,19)17(15(4)5)13-12-16(6)11-9-10-14(2)3/h1,10,16-17,19H,4,9,11-13H2,2-3,5-7H3. The minimum Gasteiger partial charge on any atom is -0.377 e. The van der Waals surface area contributed by atoms with Crippen LogP contribution in [0.3, 0.4) is 0 Å². The van der Waals surface area contributed by atoms with Crippen LogP contribution in [-0.4, -0.2) is 10.7 Å². The molecule has 0 aromatic carbocycles. The van der Waals surface area contributed by atoms with E-state index in [0.717, 1.165) is 24.8 Å². The van der Waals surface area contributed by atoms with Gasteiger partial charge in [-0.05, 0) is 59.3 Å². The molecule has 0 spiro atoms. The van der Waals surface area contributed by atoms with Crippen molar-refractivity contribution >= 4 is 0 Å². The van der Waals surface area contributed by atoms with Gasteiger partial charge in [-0.15, -0.1) is 6.42 Å². The van der Waals surface area contributed by atoms with Crippen LogP contribution in [0.25, 0.3) is 0 Å². The second-order valence-corrected chi connectivity index (χ2v) is 6.23. The number of rotatable bonds is 8. The first-order valence-electron chi connectivity index (χ1n) is 7.19. The molecule has 0 aromatic rings. The number of terminal acetylenes is 1. The van der Waals surface area contributed by atoms with E-state index in [2.05, 4.69) is 39.3 Å². The topological polar surface area (TPSA) is 20.2 Å². The molecule has 0 radical (unpaired) electrons. The fourth-order valence-electron chi connectivity index (χ4n) is 2.36. The summed E-state index contributed by atoms with van der Waals surface area (Å²) in [5.74, 6) is 3.12. The summed E-state index contributed by atoms with van der Waals surface area (Å²) in [5, 5.41) is 10.2. The summed E-state index contributed by atoms with van der Waals surface area (Å²) >= 11 is 0. The third-order valence-electron chi connectivity index (χ3n) is 3.73. The van der Waals surface area contributed by atoms with Crippen molar-refractivity contribution in [2.45, 2.75) is 65.9 Å². The Bertz CT molecular complexity index is 350. The van der Waals surface area contributed by atoms with Crippen LogP contribution < -0.4 is 0 Å². The van der Waals surface area contributed by atoms with E-state index in [1.807, 2.05) is 6.92 Å². The molecule has 0 aliphatic carbocycles. The van der Waals surface area contributed by atoms with Crippen LogP contribution in [0.15, 0.2) is 23.8 Å². The maximum absolute atomic E-state index is 10.2. The van der Waals surface area contributed by atoms with Gasteiger partial charge in [0.2, 0.25) is 0 Å². The average molecular weight is 262 g/mol. The van der Waals surface area contributed by atoms with E-state index in [9.17, 15) is 5.11 Å². The fraction of sp³-hybridized carbons (Fsp3) is 0.667. The summed E-state index contributed by atoms with van der Waals surface area (Å²) in [6.45, 7) is 14.1. The van der Waals surface area contributed by atoms with Gasteiger partial charge in [0.05, 0.1) is 0 Å². The van der Waals surface area contributed by atoms with Crippen molar-refractivity contribution in [2.75, 3.05) is 0 Å². The van der Waals surface area contributed by atoms with Crippen LogP contribution in [0.5, 0.6) is 0 Å². The number of hydrogen-bond donors (Lipinski definition) is 1. The van der Waals surface area contributed by atoms with Crippen molar-refractivity contribution < 1.29 is 5.11 Å². The molecule has 108 valence electrons. The summed E-state index contributed by atoms with van der Waals surface area (Å²) in [4.78, 5) is 0. The van der Waals surface area contributed by atoms with Gasteiger partial charge in [-0.25, -0.2) is 0 Å². The fourth-order valence-corrected chi connectivity index (χ4v) is 2.36. The number of hydrogen-bond acceptors (Lipinski definition) is 1. The van der Waals surface area contributed by atoms with Gasteiger partial charge in [-0.2, -0.15) is 0 Å². The van der Waals surface area contributed by atoms with Crippen LogP contribution in [0, 0.1) is 24.2 Å². The summed E-state index contributed by atoms with van der Waals surface area (Å²) in [6.07, 6.45) is 12.0. The predicted molar refractivity (Wildman–Crippen MR) is 84.8 cm³/mol. The van der Waals surface area contributed by atoms with Crippen LogP contribution >= 0.6 is 0 Å². The van der Waals surface area contributed by atoms with E-state index < -0.39 is 5.60 Å². The molecule has 0 aliphatic rings. The monoisotopic (exact) mass is 262 g/mol. The first-order chi connectivity index (χ1) is 8.70. The summed E-state index contributed by atoms with van der Waals surface area (Å²) in [7, 11) is 0. The molecule has 0 saturated heterocycles. The zero-order chi connectivity index (χ0) is 15.1. The molecule has 0 rings (SSSR count). The quantitative estimate of drug-likeness (QED) is 0.495. The maximum atomic E-state index is 10.2. The van der Waals surface area contributed by atoms with Gasteiger partial charge < -0.3 is 5.11 Å². The smallest absolute Gasteiger partial charge is 0.128 e. The predicted octanol–water partition coefficient (Wildman–Crippen LogP) is 4.73. The lowest BCUT2D eigenvalue weighted by Crippen LogP contribution is -2.33. The average Bonchev–Trinajstić information content (AvgIpc) is 2.27. The number of aliphatic hydroxyl groups is 1. The molecule has 1 N–H and O–H groups in total. The van der Waals surface area contributed by atoms with E-state index in [-0.39, 0.29) is 5.92 Å². The van der Waals surface area contributed by atoms with Crippen molar-refractivity contribution in [1.82, 2.24) is 0 Å². The molecule has 0 heterocycles. The molecule has 0 aliphatic heterocycles. The SMILES string of the molecule is C#CC(C)(O)C(CCC(C)CCC=C(C)C)C(=C)C. The molecule has 0 bridgehead atoms. The van der Waals surface area contributed by atoms with Crippen LogP contribution in [0.4, 0.5) is 0 Å². The lowest BCUT2D eigenvalue weighted by molar-refractivity contribution is 0.0656. The minimum atomic E-state index is -1.08. The zero-order valence-electron chi connectivity index (χ0n) is 13.3. The summed E-state index contributed by atoms with van der Waals surface area (Å²) in [6, 6.07) is 0. The second kappa shape index (κ2) is 8.23. The molecule has 3 unspecified atom stereocenters. The van der Waals surface area contributed by atoms with Crippen molar-refractivity contribution in [3.63, 3.8) is 0 Å². The van der Waals surface area contributed by atoms with Gasteiger partial charge in [-0.1, -0.05) is 36.6 Å². The molecule has 0 fully saturated rings. The highest BCUT2D eigenvalue weighted by Gasteiger charge is 2.30. The van der Waals surface area contributed by atoms with E-state index in [1.54, 1.807) is 6.92 Å². The molecule has 0 amide bonds. The van der Waals surface area contributed by atoms with Crippen LogP contribution in [0.1, 0.15) is 60.3 Å². The lowest BCUT2D eigenvalue weighted by atomic mass is 9.79. The largest absolute Gasteiger partial charge is 0.377 e. The molecule has 0 saturated carbocycles. The summed E-state index contributed by atoms with van der Waals surface area (Å²) < 4.78 is 0. The van der Waals surface area contributed by atoms with Gasteiger partial charge in [0, 0.05) is 5.92 Å². The normalized spacial score (nSPS) is 16.9. The minimum absolute atomic E-state index is 0.0107. The zero-order valence-corrected chi connectivity index (χ0v) is 13.3. The van der Waals surface area contributed by atoms with E-state index in [4.69, 9.17) is 6.42 Å². The molecule has 0 aromatic heterocycles. The Morgan fingerprint density at radius 1 is 1.32 bits per heavy atom. The Morgan fingerprint density at radius 3 is 2.32 bits per heavy atom. The molecular formula is C18H30O. The van der Waals surface area contributed by atoms with Gasteiger partial charge in [0.25, 0.3) is 0 Å². The van der Waals surface area contributed by atoms with Gasteiger partial charge in [0.15, 0.2) is 0 Å². The van der Waals surface area contributed by atoms with Gasteiger partial charge in [-0.3, -0.25) is 0 Å². The maximum Gasteiger partial charge on any atom is 0.128 e. The van der Waals surface area contributed by atoms with Gasteiger partial charge in [0.1, 0.15) is 5.60 Å². The lowest BCUT2D eigenvalue weighted by Gasteiger charge is -2.29. The molecule has 1 nitrogen and oxygen atoms in total. The molecule has 19 heavy (non-hydrogen) atoms. The third kappa shape index (κ3) is 7.23. The molecular weight excluding hydrogens is 232 g/mol. The first kappa shape index (κ1) is 18.0. The Morgan fingerprint density at radius 2 is 1.89 bits per heavy atom. The Balaban J connectivity index is 4.31. The number of allylic oxidation sites excluding steroid dienone is 2. The summed E-state index contributed by atoms with van der Waals surface area (Å²) in [5.41, 5.74) is 1.27. The van der Waals surface area contributed by atoms with E-state index in [0.29, 0.717) is 5.92 Å². The van der Waals surface area contributed by atoms with E-state index >= 15 is 0 Å². The second-order valence-electron chi connectivity index (χ2n) is 6.23. The molecule has 1 heteroatoms. The Kier molecular flexibility index (Phi) is 7.79. The highest BCUT2D eigenvalue weighted by Crippen LogP contribution is 2.30. The van der Waals surface area contributed by atoms with Crippen molar-refractivity contribution in [3.05, 3.63) is 23.8 Å².